The van der Waals surface area contributed by atoms with Crippen LogP contribution in [0.2, 0.25) is 0 Å². The maximum atomic E-state index is 12.5. The Morgan fingerprint density at radius 2 is 1.90 bits per heavy atom. The summed E-state index contributed by atoms with van der Waals surface area (Å²) in [6.45, 7) is 4.62. The molecule has 112 valence electrons. The number of piperazine rings is 1. The van der Waals surface area contributed by atoms with Gasteiger partial charge in [-0.1, -0.05) is 12.2 Å². The second-order valence-corrected chi connectivity index (χ2v) is 5.94. The Kier molecular flexibility index (Phi) is 4.65. The second kappa shape index (κ2) is 6.85. The van der Waals surface area contributed by atoms with Gasteiger partial charge < -0.3 is 4.90 Å². The van der Waals surface area contributed by atoms with Crippen molar-refractivity contribution in [3.8, 4) is 0 Å². The van der Waals surface area contributed by atoms with Gasteiger partial charge in [-0.05, 0) is 37.0 Å². The number of rotatable bonds is 3. The Hall–Kier alpha value is -1.68. The van der Waals surface area contributed by atoms with Gasteiger partial charge in [-0.2, -0.15) is 0 Å². The summed E-state index contributed by atoms with van der Waals surface area (Å²) < 4.78 is 0. The van der Waals surface area contributed by atoms with Gasteiger partial charge in [0.05, 0.1) is 0 Å². The van der Waals surface area contributed by atoms with Gasteiger partial charge in [-0.3, -0.25) is 14.7 Å². The Morgan fingerprint density at radius 3 is 2.57 bits per heavy atom. The predicted octanol–water partition coefficient (Wildman–Crippen LogP) is 2.08. The number of hydrogen-bond donors (Lipinski definition) is 0. The van der Waals surface area contributed by atoms with E-state index in [9.17, 15) is 4.79 Å². The first-order valence-corrected chi connectivity index (χ1v) is 7.88. The first-order valence-electron chi connectivity index (χ1n) is 7.88. The zero-order chi connectivity index (χ0) is 14.5. The van der Waals surface area contributed by atoms with Crippen molar-refractivity contribution in [1.82, 2.24) is 14.8 Å². The molecule has 1 fully saturated rings. The molecule has 1 aromatic heterocycles. The molecule has 1 unspecified atom stereocenters. The highest BCUT2D eigenvalue weighted by Gasteiger charge is 2.27. The highest BCUT2D eigenvalue weighted by Crippen LogP contribution is 2.21. The SMILES string of the molecule is O=C(C1CC=CCC1)N1CCN(Cc2ccncc2)CC1. The second-order valence-electron chi connectivity index (χ2n) is 5.94. The van der Waals surface area contributed by atoms with Crippen LogP contribution >= 0.6 is 0 Å². The van der Waals surface area contributed by atoms with Gasteiger partial charge in [0, 0.05) is 51.0 Å². The van der Waals surface area contributed by atoms with Crippen LogP contribution in [0.5, 0.6) is 0 Å². The molecule has 3 rings (SSSR count). The summed E-state index contributed by atoms with van der Waals surface area (Å²) in [6, 6.07) is 4.12. The van der Waals surface area contributed by atoms with E-state index in [0.717, 1.165) is 52.0 Å². The number of nitrogens with zero attached hydrogens (tertiary/aromatic N) is 3. The van der Waals surface area contributed by atoms with Crippen LogP contribution in [0.15, 0.2) is 36.7 Å². The molecule has 0 spiro atoms. The monoisotopic (exact) mass is 285 g/mol. The lowest BCUT2D eigenvalue weighted by molar-refractivity contribution is -0.137. The van der Waals surface area contributed by atoms with Gasteiger partial charge in [0.15, 0.2) is 0 Å². The highest BCUT2D eigenvalue weighted by atomic mass is 16.2. The third-order valence-electron chi connectivity index (χ3n) is 4.46. The van der Waals surface area contributed by atoms with Crippen molar-refractivity contribution in [1.29, 1.82) is 0 Å². The fourth-order valence-corrected chi connectivity index (χ4v) is 3.15. The number of pyridine rings is 1. The van der Waals surface area contributed by atoms with E-state index < -0.39 is 0 Å². The van der Waals surface area contributed by atoms with Gasteiger partial charge in [-0.25, -0.2) is 0 Å². The molecule has 1 aliphatic heterocycles. The molecule has 0 radical (unpaired) electrons. The summed E-state index contributed by atoms with van der Waals surface area (Å²) in [5.74, 6) is 0.588. The third-order valence-corrected chi connectivity index (χ3v) is 4.46. The maximum absolute atomic E-state index is 12.5. The van der Waals surface area contributed by atoms with Crippen LogP contribution in [-0.2, 0) is 11.3 Å². The minimum Gasteiger partial charge on any atom is -0.340 e. The van der Waals surface area contributed by atoms with Gasteiger partial charge in [0.1, 0.15) is 0 Å². The van der Waals surface area contributed by atoms with E-state index in [-0.39, 0.29) is 5.92 Å². The summed E-state index contributed by atoms with van der Waals surface area (Å²) in [5.41, 5.74) is 1.29. The molecule has 0 N–H and O–H groups in total. The van der Waals surface area contributed by atoms with Crippen molar-refractivity contribution in [3.63, 3.8) is 0 Å². The van der Waals surface area contributed by atoms with Crippen molar-refractivity contribution < 1.29 is 4.79 Å². The smallest absolute Gasteiger partial charge is 0.226 e. The van der Waals surface area contributed by atoms with E-state index in [1.165, 1.54) is 5.56 Å². The van der Waals surface area contributed by atoms with Gasteiger partial charge in [0.2, 0.25) is 5.91 Å². The van der Waals surface area contributed by atoms with Crippen LogP contribution < -0.4 is 0 Å². The average molecular weight is 285 g/mol. The lowest BCUT2D eigenvalue weighted by Gasteiger charge is -2.36. The van der Waals surface area contributed by atoms with Gasteiger partial charge >= 0.3 is 0 Å². The number of carbonyl (C=O) groups is 1. The van der Waals surface area contributed by atoms with E-state index in [4.69, 9.17) is 0 Å². The fourth-order valence-electron chi connectivity index (χ4n) is 3.15. The molecule has 0 bridgehead atoms. The number of hydrogen-bond acceptors (Lipinski definition) is 3. The van der Waals surface area contributed by atoms with Crippen molar-refractivity contribution in [2.24, 2.45) is 5.92 Å². The lowest BCUT2D eigenvalue weighted by Crippen LogP contribution is -2.50. The number of allylic oxidation sites excluding steroid dienone is 2. The molecular formula is C17H23N3O. The zero-order valence-corrected chi connectivity index (χ0v) is 12.4. The minimum atomic E-state index is 0.224. The molecule has 1 atom stereocenters. The van der Waals surface area contributed by atoms with Crippen molar-refractivity contribution >= 4 is 5.91 Å². The highest BCUT2D eigenvalue weighted by molar-refractivity contribution is 5.79. The van der Waals surface area contributed by atoms with Crippen LogP contribution in [0.25, 0.3) is 0 Å². The molecule has 4 nitrogen and oxygen atoms in total. The van der Waals surface area contributed by atoms with Crippen LogP contribution in [-0.4, -0.2) is 46.9 Å². The summed E-state index contributed by atoms with van der Waals surface area (Å²) in [4.78, 5) is 21.0. The molecule has 1 saturated heterocycles. The molecular weight excluding hydrogens is 262 g/mol. The molecule has 21 heavy (non-hydrogen) atoms. The summed E-state index contributed by atoms with van der Waals surface area (Å²) in [7, 11) is 0. The van der Waals surface area contributed by atoms with Crippen LogP contribution in [0.1, 0.15) is 24.8 Å². The summed E-state index contributed by atoms with van der Waals surface area (Å²) in [5, 5.41) is 0. The molecule has 2 heterocycles. The molecule has 2 aliphatic rings. The Bertz CT molecular complexity index is 492. The number of carbonyl (C=O) groups excluding carboxylic acids is 1. The molecule has 4 heteroatoms. The fraction of sp³-hybridized carbons (Fsp3) is 0.529. The van der Waals surface area contributed by atoms with E-state index in [1.807, 2.05) is 12.4 Å². The topological polar surface area (TPSA) is 36.4 Å². The first kappa shape index (κ1) is 14.3. The quantitative estimate of drug-likeness (QED) is 0.798. The average Bonchev–Trinajstić information content (AvgIpc) is 2.57. The number of amides is 1. The zero-order valence-electron chi connectivity index (χ0n) is 12.4. The van der Waals surface area contributed by atoms with E-state index in [0.29, 0.717) is 5.91 Å². The maximum Gasteiger partial charge on any atom is 0.226 e. The van der Waals surface area contributed by atoms with Crippen LogP contribution in [0.3, 0.4) is 0 Å². The van der Waals surface area contributed by atoms with Crippen molar-refractivity contribution in [3.05, 3.63) is 42.2 Å². The van der Waals surface area contributed by atoms with E-state index >= 15 is 0 Å². The summed E-state index contributed by atoms with van der Waals surface area (Å²) in [6.07, 6.45) is 11.0. The lowest BCUT2D eigenvalue weighted by atomic mass is 9.93. The predicted molar refractivity (Wildman–Crippen MR) is 82.6 cm³/mol. The molecule has 0 aromatic carbocycles. The minimum absolute atomic E-state index is 0.224. The van der Waals surface area contributed by atoms with Crippen LogP contribution in [0.4, 0.5) is 0 Å². The first-order chi connectivity index (χ1) is 10.3. The molecule has 1 amide bonds. The Morgan fingerprint density at radius 1 is 1.14 bits per heavy atom. The number of aromatic nitrogens is 1. The molecule has 1 aromatic rings. The third kappa shape index (κ3) is 3.70. The largest absolute Gasteiger partial charge is 0.340 e. The van der Waals surface area contributed by atoms with Crippen molar-refractivity contribution in [2.75, 3.05) is 26.2 Å². The Labute approximate surface area is 126 Å². The van der Waals surface area contributed by atoms with E-state index in [2.05, 4.69) is 39.1 Å². The van der Waals surface area contributed by atoms with Crippen molar-refractivity contribution in [2.45, 2.75) is 25.8 Å². The van der Waals surface area contributed by atoms with Gasteiger partial charge in [-0.15, -0.1) is 0 Å². The standard InChI is InChI=1S/C17H23N3O/c21-17(16-4-2-1-3-5-16)20-12-10-19(11-13-20)14-15-6-8-18-9-7-15/h1-2,6-9,16H,3-5,10-14H2. The van der Waals surface area contributed by atoms with E-state index in [1.54, 1.807) is 0 Å². The van der Waals surface area contributed by atoms with Crippen LogP contribution in [0, 0.1) is 5.92 Å². The Balaban J connectivity index is 1.48. The molecule has 0 saturated carbocycles. The molecule has 1 aliphatic carbocycles. The summed E-state index contributed by atoms with van der Waals surface area (Å²) >= 11 is 0. The normalized spacial score (nSPS) is 23.2. The van der Waals surface area contributed by atoms with Gasteiger partial charge in [0.25, 0.3) is 0 Å².